The molecule has 0 radical (unpaired) electrons. The summed E-state index contributed by atoms with van der Waals surface area (Å²) in [6.07, 6.45) is 0.111. The van der Waals surface area contributed by atoms with Gasteiger partial charge in [0, 0.05) is 0 Å². The highest BCUT2D eigenvalue weighted by molar-refractivity contribution is 6.55. The second kappa shape index (κ2) is 4.47. The second-order valence-corrected chi connectivity index (χ2v) is 5.08. The Morgan fingerprint density at radius 2 is 1.86 bits per heavy atom. The van der Waals surface area contributed by atoms with Crippen molar-refractivity contribution < 1.29 is 14.3 Å². The van der Waals surface area contributed by atoms with E-state index in [0.717, 1.165) is 0 Å². The third kappa shape index (κ3) is 2.95. The van der Waals surface area contributed by atoms with E-state index in [1.165, 1.54) is 0 Å². The SMILES string of the molecule is OC[SiH](CO)O[SiH3]. The Kier molecular flexibility index (Phi) is 4.67. The van der Waals surface area contributed by atoms with Crippen molar-refractivity contribution in [2.45, 2.75) is 0 Å². The molecule has 0 spiro atoms. The Morgan fingerprint density at radius 1 is 1.43 bits per heavy atom. The minimum Gasteiger partial charge on any atom is -0.463 e. The van der Waals surface area contributed by atoms with E-state index in [1.54, 1.807) is 0 Å². The van der Waals surface area contributed by atoms with Gasteiger partial charge >= 0.3 is 0 Å². The van der Waals surface area contributed by atoms with Crippen molar-refractivity contribution in [3.05, 3.63) is 0 Å². The summed E-state index contributed by atoms with van der Waals surface area (Å²) in [5, 5.41) is 16.6. The third-order valence-electron chi connectivity index (χ3n) is 0.741. The molecule has 0 amide bonds. The lowest BCUT2D eigenvalue weighted by atomic mass is 11.7. The van der Waals surface area contributed by atoms with Gasteiger partial charge in [0.2, 0.25) is 9.04 Å². The van der Waals surface area contributed by atoms with E-state index in [1.807, 2.05) is 0 Å². The monoisotopic (exact) mass is 138 g/mol. The summed E-state index contributed by atoms with van der Waals surface area (Å²) in [5.74, 6) is 0. The lowest BCUT2D eigenvalue weighted by Gasteiger charge is -2.03. The summed E-state index contributed by atoms with van der Waals surface area (Å²) in [6, 6.07) is 0. The molecule has 7 heavy (non-hydrogen) atoms. The lowest BCUT2D eigenvalue weighted by Crippen LogP contribution is -2.26. The fraction of sp³-hybridized carbons (Fsp3) is 1.00. The molecule has 0 rings (SSSR count). The molecule has 3 nitrogen and oxygen atoms in total. The van der Waals surface area contributed by atoms with Gasteiger partial charge in [-0.15, -0.1) is 0 Å². The lowest BCUT2D eigenvalue weighted by molar-refractivity contribution is 0.303. The summed E-state index contributed by atoms with van der Waals surface area (Å²) >= 11 is 0. The Labute approximate surface area is 47.2 Å². The van der Waals surface area contributed by atoms with E-state index in [0.29, 0.717) is 10.5 Å². The predicted octanol–water partition coefficient (Wildman–Crippen LogP) is -2.93. The molecule has 0 aliphatic carbocycles. The molecule has 0 saturated carbocycles. The highest BCUT2D eigenvalue weighted by atomic mass is 28.3. The van der Waals surface area contributed by atoms with E-state index in [4.69, 9.17) is 14.3 Å². The molecule has 5 heteroatoms. The number of aliphatic hydroxyl groups excluding tert-OH is 2. The van der Waals surface area contributed by atoms with Gasteiger partial charge in [0.15, 0.2) is 0 Å². The van der Waals surface area contributed by atoms with Crippen molar-refractivity contribution in [1.82, 2.24) is 0 Å². The van der Waals surface area contributed by atoms with E-state index in [-0.39, 0.29) is 12.5 Å². The second-order valence-electron chi connectivity index (χ2n) is 1.22. The van der Waals surface area contributed by atoms with Crippen LogP contribution in [0.4, 0.5) is 0 Å². The fourth-order valence-corrected chi connectivity index (χ4v) is 1.51. The maximum absolute atomic E-state index is 8.32. The molecule has 0 atom stereocenters. The van der Waals surface area contributed by atoms with Crippen molar-refractivity contribution in [3.63, 3.8) is 0 Å². The first kappa shape index (κ1) is 7.31. The Morgan fingerprint density at radius 3 is 1.86 bits per heavy atom. The van der Waals surface area contributed by atoms with Crippen LogP contribution in [-0.4, -0.2) is 42.2 Å². The maximum atomic E-state index is 8.32. The van der Waals surface area contributed by atoms with Gasteiger partial charge in [0.1, 0.15) is 10.5 Å². The molecule has 0 heterocycles. The van der Waals surface area contributed by atoms with Crippen LogP contribution in [0.2, 0.25) is 0 Å². The summed E-state index contributed by atoms with van der Waals surface area (Å²) in [5.41, 5.74) is 0. The highest BCUT2D eigenvalue weighted by Crippen LogP contribution is 1.75. The quantitative estimate of drug-likeness (QED) is 0.411. The summed E-state index contributed by atoms with van der Waals surface area (Å²) in [7, 11) is -0.865. The van der Waals surface area contributed by atoms with Gasteiger partial charge in [-0.1, -0.05) is 0 Å². The van der Waals surface area contributed by atoms with Crippen LogP contribution >= 0.6 is 0 Å². The minimum absolute atomic E-state index is 0.0556. The van der Waals surface area contributed by atoms with Gasteiger partial charge in [-0.3, -0.25) is 0 Å². The topological polar surface area (TPSA) is 49.7 Å². The molecule has 0 saturated heterocycles. The first-order chi connectivity index (χ1) is 3.35. The summed E-state index contributed by atoms with van der Waals surface area (Å²) in [6.45, 7) is 0. The van der Waals surface area contributed by atoms with Crippen molar-refractivity contribution in [3.8, 4) is 0 Å². The molecule has 0 fully saturated rings. The fourth-order valence-electron chi connectivity index (χ4n) is 0.207. The molecule has 2 N–H and O–H groups in total. The van der Waals surface area contributed by atoms with Crippen LogP contribution in [-0.2, 0) is 4.12 Å². The smallest absolute Gasteiger partial charge is 0.214 e. The average Bonchev–Trinajstić information content (AvgIpc) is 1.72. The predicted molar refractivity (Wildman–Crippen MR) is 32.3 cm³/mol. The van der Waals surface area contributed by atoms with Gasteiger partial charge in [0.05, 0.1) is 12.5 Å². The first-order valence-electron chi connectivity index (χ1n) is 2.09. The normalized spacial score (nSPS) is 10.7. The van der Waals surface area contributed by atoms with E-state index in [9.17, 15) is 0 Å². The van der Waals surface area contributed by atoms with Crippen LogP contribution in [0.1, 0.15) is 0 Å². The van der Waals surface area contributed by atoms with Gasteiger partial charge < -0.3 is 14.3 Å². The van der Waals surface area contributed by atoms with Gasteiger partial charge in [0.25, 0.3) is 0 Å². The van der Waals surface area contributed by atoms with Crippen molar-refractivity contribution in [2.24, 2.45) is 0 Å². The zero-order valence-corrected chi connectivity index (χ0v) is 7.45. The molecular formula is C2H10O3Si2. The average molecular weight is 138 g/mol. The van der Waals surface area contributed by atoms with Crippen molar-refractivity contribution in [1.29, 1.82) is 0 Å². The van der Waals surface area contributed by atoms with Crippen LogP contribution in [0.3, 0.4) is 0 Å². The molecule has 0 aromatic heterocycles. The minimum atomic E-state index is -1.50. The highest BCUT2D eigenvalue weighted by Gasteiger charge is 2.02. The number of hydrogen-bond donors (Lipinski definition) is 2. The van der Waals surface area contributed by atoms with E-state index < -0.39 is 9.04 Å². The van der Waals surface area contributed by atoms with Gasteiger partial charge in [-0.05, 0) is 0 Å². The van der Waals surface area contributed by atoms with Gasteiger partial charge in [-0.2, -0.15) is 0 Å². The largest absolute Gasteiger partial charge is 0.463 e. The van der Waals surface area contributed by atoms with Crippen LogP contribution in [0.5, 0.6) is 0 Å². The molecule has 0 aliphatic heterocycles. The van der Waals surface area contributed by atoms with Crippen LogP contribution in [0.25, 0.3) is 0 Å². The standard InChI is InChI=1S/C2H10O3Si2/c3-1-7(2-4)5-6/h3-4,7H,1-2H2,6H3. The molecular weight excluding hydrogens is 128 g/mol. The maximum Gasteiger partial charge on any atom is 0.214 e. The zero-order chi connectivity index (χ0) is 5.70. The van der Waals surface area contributed by atoms with E-state index in [2.05, 4.69) is 0 Å². The molecule has 0 aliphatic rings. The molecule has 0 aromatic rings. The van der Waals surface area contributed by atoms with Crippen LogP contribution in [0, 0.1) is 0 Å². The molecule has 44 valence electrons. The summed E-state index contributed by atoms with van der Waals surface area (Å²) < 4.78 is 4.83. The van der Waals surface area contributed by atoms with Crippen molar-refractivity contribution in [2.75, 3.05) is 12.5 Å². The Hall–Kier alpha value is 0.314. The Balaban J connectivity index is 2.99. The number of aliphatic hydroxyl groups is 2. The van der Waals surface area contributed by atoms with Gasteiger partial charge in [-0.25, -0.2) is 0 Å². The third-order valence-corrected chi connectivity index (χ3v) is 4.22. The number of rotatable bonds is 3. The molecule has 0 bridgehead atoms. The zero-order valence-electron chi connectivity index (χ0n) is 4.29. The van der Waals surface area contributed by atoms with Crippen molar-refractivity contribution >= 4 is 19.5 Å². The number of hydrogen-bond acceptors (Lipinski definition) is 3. The van der Waals surface area contributed by atoms with Crippen LogP contribution in [0.15, 0.2) is 0 Å². The van der Waals surface area contributed by atoms with Crippen LogP contribution < -0.4 is 0 Å². The molecule has 0 aromatic carbocycles. The Bertz CT molecular complexity index is 32.4. The molecule has 0 unspecified atom stereocenters. The summed E-state index contributed by atoms with van der Waals surface area (Å²) in [4.78, 5) is 0. The first-order valence-corrected chi connectivity index (χ1v) is 5.01. The van der Waals surface area contributed by atoms with E-state index >= 15 is 0 Å².